The first kappa shape index (κ1) is 14.3. The van der Waals surface area contributed by atoms with Crippen molar-refractivity contribution in [3.63, 3.8) is 0 Å². The molecule has 1 aliphatic carbocycles. The Balaban J connectivity index is 1.55. The van der Waals surface area contributed by atoms with Crippen LogP contribution < -0.4 is 10.6 Å². The zero-order valence-electron chi connectivity index (χ0n) is 11.9. The van der Waals surface area contributed by atoms with Crippen LogP contribution in [-0.2, 0) is 9.47 Å². The van der Waals surface area contributed by atoms with Crippen LogP contribution in [0.2, 0.25) is 0 Å². The number of fused-ring (bicyclic) bond motifs is 1. The molecule has 0 amide bonds. The summed E-state index contributed by atoms with van der Waals surface area (Å²) in [6.07, 6.45) is 4.80. The van der Waals surface area contributed by atoms with E-state index in [0.29, 0.717) is 6.61 Å². The summed E-state index contributed by atoms with van der Waals surface area (Å²) in [4.78, 5) is 16.2. The summed E-state index contributed by atoms with van der Waals surface area (Å²) >= 11 is 0. The van der Waals surface area contributed by atoms with Gasteiger partial charge in [0.1, 0.15) is 5.69 Å². The lowest BCUT2D eigenvalue weighted by molar-refractivity contribution is 0.0143. The summed E-state index contributed by atoms with van der Waals surface area (Å²) in [5, 5.41) is 10.8. The van der Waals surface area contributed by atoms with E-state index >= 15 is 0 Å². The van der Waals surface area contributed by atoms with Crippen LogP contribution in [0.3, 0.4) is 0 Å². The predicted octanol–water partition coefficient (Wildman–Crippen LogP) is -0.605. The number of hydrogen-bond acceptors (Lipinski definition) is 4. The molecule has 6 nitrogen and oxygen atoms in total. The van der Waals surface area contributed by atoms with Crippen molar-refractivity contribution in [2.75, 3.05) is 39.5 Å². The minimum absolute atomic E-state index is 0.0241. The highest BCUT2D eigenvalue weighted by atomic mass is 16.5. The monoisotopic (exact) mass is 292 g/mol. The second-order valence-electron chi connectivity index (χ2n) is 5.33. The molecule has 1 aliphatic heterocycles. The lowest BCUT2D eigenvalue weighted by Gasteiger charge is -2.27. The van der Waals surface area contributed by atoms with Crippen molar-refractivity contribution in [3.8, 4) is 0 Å². The predicted molar refractivity (Wildman–Crippen MR) is 77.5 cm³/mol. The van der Waals surface area contributed by atoms with Crippen LogP contribution in [0.1, 0.15) is 16.9 Å². The number of H-pyrrole nitrogens is 1. The van der Waals surface area contributed by atoms with E-state index in [2.05, 4.69) is 9.88 Å². The minimum atomic E-state index is -0.934. The lowest BCUT2D eigenvalue weighted by atomic mass is 10.1. The van der Waals surface area contributed by atoms with Crippen molar-refractivity contribution >= 4 is 18.1 Å². The molecule has 21 heavy (non-hydrogen) atoms. The topological polar surface area (TPSA) is 74.8 Å². The van der Waals surface area contributed by atoms with E-state index in [1.165, 1.54) is 0 Å². The molecule has 114 valence electrons. The van der Waals surface area contributed by atoms with E-state index in [0.717, 1.165) is 49.8 Å². The fourth-order valence-electron chi connectivity index (χ4n) is 2.68. The minimum Gasteiger partial charge on any atom is -0.477 e. The molecule has 2 N–H and O–H groups in total. The van der Waals surface area contributed by atoms with Gasteiger partial charge in [-0.05, 0) is 23.8 Å². The van der Waals surface area contributed by atoms with Gasteiger partial charge in [-0.2, -0.15) is 0 Å². The Hall–Kier alpha value is -1.63. The number of aromatic carboxylic acids is 1. The summed E-state index contributed by atoms with van der Waals surface area (Å²) in [7, 11) is 0. The first-order valence-electron chi connectivity index (χ1n) is 7.28. The molecule has 1 fully saturated rings. The Kier molecular flexibility index (Phi) is 4.38. The maximum atomic E-state index is 10.9. The van der Waals surface area contributed by atoms with Crippen LogP contribution in [0, 0.1) is 0 Å². The van der Waals surface area contributed by atoms with E-state index < -0.39 is 5.97 Å². The maximum absolute atomic E-state index is 10.9. The molecule has 1 unspecified atom stereocenters. The lowest BCUT2D eigenvalue weighted by Crippen LogP contribution is -2.39. The molecule has 1 aromatic heterocycles. The van der Waals surface area contributed by atoms with Crippen LogP contribution in [0.15, 0.2) is 6.07 Å². The fraction of sp³-hybridized carbons (Fsp3) is 0.533. The van der Waals surface area contributed by atoms with Gasteiger partial charge in [0.2, 0.25) is 0 Å². The molecule has 1 aromatic rings. The average molecular weight is 292 g/mol. The van der Waals surface area contributed by atoms with E-state index in [1.54, 1.807) is 6.07 Å². The van der Waals surface area contributed by atoms with Crippen molar-refractivity contribution in [3.05, 3.63) is 22.3 Å². The molecule has 6 heteroatoms. The highest BCUT2D eigenvalue weighted by Crippen LogP contribution is 2.05. The number of morpholine rings is 1. The summed E-state index contributed by atoms with van der Waals surface area (Å²) in [6.45, 7) is 5.12. The average Bonchev–Trinajstić information content (AvgIpc) is 2.92. The van der Waals surface area contributed by atoms with Gasteiger partial charge in [0.05, 0.1) is 25.9 Å². The number of aromatic nitrogens is 1. The number of carbonyl (C=O) groups is 1. The van der Waals surface area contributed by atoms with Crippen LogP contribution in [-0.4, -0.2) is 66.5 Å². The molecule has 1 atom stereocenters. The largest absolute Gasteiger partial charge is 0.477 e. The molecule has 0 spiro atoms. The van der Waals surface area contributed by atoms with Crippen LogP contribution in [0.25, 0.3) is 12.2 Å². The Morgan fingerprint density at radius 1 is 1.48 bits per heavy atom. The molecule has 0 bridgehead atoms. The van der Waals surface area contributed by atoms with Crippen LogP contribution in [0.5, 0.6) is 0 Å². The van der Waals surface area contributed by atoms with Crippen molar-refractivity contribution in [2.45, 2.75) is 12.5 Å². The van der Waals surface area contributed by atoms with Crippen molar-refractivity contribution in [1.82, 2.24) is 9.88 Å². The normalized spacial score (nSPS) is 22.2. The second kappa shape index (κ2) is 6.43. The molecule has 2 aliphatic rings. The molecule has 0 aromatic carbocycles. The first-order chi connectivity index (χ1) is 10.2. The summed E-state index contributed by atoms with van der Waals surface area (Å²) < 4.78 is 11.2. The van der Waals surface area contributed by atoms with E-state index in [9.17, 15) is 4.79 Å². The van der Waals surface area contributed by atoms with Gasteiger partial charge < -0.3 is 19.6 Å². The van der Waals surface area contributed by atoms with E-state index in [-0.39, 0.29) is 11.8 Å². The number of aromatic amines is 1. The van der Waals surface area contributed by atoms with Crippen LogP contribution >= 0.6 is 0 Å². The highest BCUT2D eigenvalue weighted by molar-refractivity contribution is 5.85. The quantitative estimate of drug-likeness (QED) is 0.758. The smallest absolute Gasteiger partial charge is 0.352 e. The third kappa shape index (κ3) is 3.53. The third-order valence-electron chi connectivity index (χ3n) is 3.87. The molecule has 1 saturated heterocycles. The zero-order valence-corrected chi connectivity index (χ0v) is 11.9. The number of nitrogens with zero attached hydrogens (tertiary/aromatic N) is 1. The maximum Gasteiger partial charge on any atom is 0.352 e. The standard InChI is InChI=1S/C15H20N2O4/c18-15(19)14-10-11-9-12(1-2-13(11)16-14)21-8-5-17-3-6-20-7-4-17/h2,9-10,12,16H,1,3-8H2,(H,18,19). The molecular weight excluding hydrogens is 272 g/mol. The molecule has 0 saturated carbocycles. The number of ether oxygens (including phenoxy) is 2. The Morgan fingerprint density at radius 3 is 3.05 bits per heavy atom. The Bertz CT molecular complexity index is 616. The molecular formula is C15H20N2O4. The molecule has 3 rings (SSSR count). The van der Waals surface area contributed by atoms with E-state index in [4.69, 9.17) is 14.6 Å². The van der Waals surface area contributed by atoms with Crippen molar-refractivity contribution in [2.24, 2.45) is 0 Å². The van der Waals surface area contributed by atoms with Crippen molar-refractivity contribution < 1.29 is 19.4 Å². The first-order valence-corrected chi connectivity index (χ1v) is 7.28. The number of hydrogen-bond donors (Lipinski definition) is 2. The Morgan fingerprint density at radius 2 is 2.29 bits per heavy atom. The number of rotatable bonds is 5. The number of carboxylic acid groups (broad SMARTS) is 1. The SMILES string of the molecule is O=C(O)c1cc2c([nH]1)=CCC(OCCN1CCOCC1)C=2. The third-order valence-corrected chi connectivity index (χ3v) is 3.87. The molecule has 0 radical (unpaired) electrons. The molecule has 2 heterocycles. The van der Waals surface area contributed by atoms with Crippen LogP contribution in [0.4, 0.5) is 0 Å². The number of nitrogens with one attached hydrogen (secondary N) is 1. The van der Waals surface area contributed by atoms with Gasteiger partial charge >= 0.3 is 5.97 Å². The van der Waals surface area contributed by atoms with Gasteiger partial charge in [0.15, 0.2) is 0 Å². The summed E-state index contributed by atoms with van der Waals surface area (Å²) in [5.41, 5.74) is 0.224. The summed E-state index contributed by atoms with van der Waals surface area (Å²) in [6, 6.07) is 1.66. The van der Waals surface area contributed by atoms with Gasteiger partial charge in [-0.25, -0.2) is 4.79 Å². The summed E-state index contributed by atoms with van der Waals surface area (Å²) in [5.74, 6) is -0.934. The van der Waals surface area contributed by atoms with E-state index in [1.807, 2.05) is 12.2 Å². The van der Waals surface area contributed by atoms with Crippen molar-refractivity contribution in [1.29, 1.82) is 0 Å². The van der Waals surface area contributed by atoms with Gasteiger partial charge in [-0.15, -0.1) is 0 Å². The van der Waals surface area contributed by atoms with Gasteiger partial charge in [0, 0.05) is 25.0 Å². The second-order valence-corrected chi connectivity index (χ2v) is 5.33. The number of carboxylic acids is 1. The zero-order chi connectivity index (χ0) is 14.7. The van der Waals surface area contributed by atoms with Gasteiger partial charge in [0.25, 0.3) is 0 Å². The van der Waals surface area contributed by atoms with Gasteiger partial charge in [-0.1, -0.05) is 6.08 Å². The van der Waals surface area contributed by atoms with Gasteiger partial charge in [-0.3, -0.25) is 4.90 Å². The fourth-order valence-corrected chi connectivity index (χ4v) is 2.68. The Labute approximate surface area is 122 Å². The highest BCUT2D eigenvalue weighted by Gasteiger charge is 2.14.